The fourth-order valence-corrected chi connectivity index (χ4v) is 2.73. The molecule has 1 aliphatic rings. The lowest BCUT2D eigenvalue weighted by molar-refractivity contribution is 0.0230. The van der Waals surface area contributed by atoms with Crippen molar-refractivity contribution in [1.82, 2.24) is 14.9 Å². The van der Waals surface area contributed by atoms with Crippen LogP contribution in [0.25, 0.3) is 0 Å². The molecule has 4 nitrogen and oxygen atoms in total. The summed E-state index contributed by atoms with van der Waals surface area (Å²) in [5.41, 5.74) is 3.91. The molecule has 1 fully saturated rings. The summed E-state index contributed by atoms with van der Waals surface area (Å²) in [6.07, 6.45) is 4.99. The zero-order valence-corrected chi connectivity index (χ0v) is 11.9. The molecule has 0 saturated carbocycles. The van der Waals surface area contributed by atoms with Crippen LogP contribution in [-0.2, 0) is 17.7 Å². The Balaban J connectivity index is 1.82. The SMILES string of the molecule is CCc1ccccc1Cn1cncc1C1CNCCO1. The van der Waals surface area contributed by atoms with Gasteiger partial charge in [0.25, 0.3) is 0 Å². The second-order valence-corrected chi connectivity index (χ2v) is 5.13. The Morgan fingerprint density at radius 1 is 1.35 bits per heavy atom. The number of nitrogens with zero attached hydrogens (tertiary/aromatic N) is 2. The normalized spacial score (nSPS) is 19.1. The maximum atomic E-state index is 5.83. The molecule has 0 aliphatic carbocycles. The number of aryl methyl sites for hydroxylation is 1. The number of hydrogen-bond donors (Lipinski definition) is 1. The number of hydrogen-bond acceptors (Lipinski definition) is 3. The van der Waals surface area contributed by atoms with E-state index < -0.39 is 0 Å². The van der Waals surface area contributed by atoms with Crippen molar-refractivity contribution in [2.45, 2.75) is 26.0 Å². The van der Waals surface area contributed by atoms with Crippen LogP contribution in [0.5, 0.6) is 0 Å². The van der Waals surface area contributed by atoms with E-state index in [2.05, 4.69) is 46.1 Å². The van der Waals surface area contributed by atoms with Gasteiger partial charge >= 0.3 is 0 Å². The lowest BCUT2D eigenvalue weighted by atomic mass is 10.1. The van der Waals surface area contributed by atoms with Crippen LogP contribution in [0.15, 0.2) is 36.8 Å². The Morgan fingerprint density at radius 2 is 2.20 bits per heavy atom. The highest BCUT2D eigenvalue weighted by Crippen LogP contribution is 2.20. The predicted molar refractivity (Wildman–Crippen MR) is 78.7 cm³/mol. The van der Waals surface area contributed by atoms with Gasteiger partial charge in [-0.25, -0.2) is 4.98 Å². The van der Waals surface area contributed by atoms with Crippen molar-refractivity contribution in [3.8, 4) is 0 Å². The summed E-state index contributed by atoms with van der Waals surface area (Å²) in [5, 5.41) is 3.37. The monoisotopic (exact) mass is 271 g/mol. The van der Waals surface area contributed by atoms with Crippen LogP contribution >= 0.6 is 0 Å². The molecular weight excluding hydrogens is 250 g/mol. The Labute approximate surface area is 119 Å². The first kappa shape index (κ1) is 13.3. The van der Waals surface area contributed by atoms with Gasteiger partial charge in [0.2, 0.25) is 0 Å². The van der Waals surface area contributed by atoms with Crippen LogP contribution in [0.3, 0.4) is 0 Å². The van der Waals surface area contributed by atoms with Gasteiger partial charge in [-0.3, -0.25) is 0 Å². The molecule has 3 rings (SSSR count). The van der Waals surface area contributed by atoms with Gasteiger partial charge in [0.05, 0.1) is 24.8 Å². The highest BCUT2D eigenvalue weighted by atomic mass is 16.5. The van der Waals surface area contributed by atoms with Crippen molar-refractivity contribution in [2.75, 3.05) is 19.7 Å². The molecule has 1 aliphatic heterocycles. The Hall–Kier alpha value is -1.65. The van der Waals surface area contributed by atoms with E-state index in [1.807, 2.05) is 12.5 Å². The van der Waals surface area contributed by atoms with Crippen molar-refractivity contribution in [1.29, 1.82) is 0 Å². The van der Waals surface area contributed by atoms with Crippen LogP contribution in [0, 0.1) is 0 Å². The van der Waals surface area contributed by atoms with Crippen molar-refractivity contribution in [2.24, 2.45) is 0 Å². The zero-order valence-electron chi connectivity index (χ0n) is 11.9. The van der Waals surface area contributed by atoms with Crippen LogP contribution in [0.1, 0.15) is 29.8 Å². The third kappa shape index (κ3) is 2.76. The molecule has 1 atom stereocenters. The van der Waals surface area contributed by atoms with Gasteiger partial charge in [0, 0.05) is 19.6 Å². The molecule has 20 heavy (non-hydrogen) atoms. The molecule has 2 heterocycles. The van der Waals surface area contributed by atoms with Crippen LogP contribution in [0.2, 0.25) is 0 Å². The molecule has 0 bridgehead atoms. The van der Waals surface area contributed by atoms with Gasteiger partial charge in [0.1, 0.15) is 6.10 Å². The lowest BCUT2D eigenvalue weighted by Crippen LogP contribution is -2.34. The first-order chi connectivity index (χ1) is 9.88. The summed E-state index contributed by atoms with van der Waals surface area (Å²) < 4.78 is 8.03. The first-order valence-electron chi connectivity index (χ1n) is 7.27. The molecule has 1 N–H and O–H groups in total. The Kier molecular flexibility index (Phi) is 4.14. The quantitative estimate of drug-likeness (QED) is 0.926. The molecule has 106 valence electrons. The summed E-state index contributed by atoms with van der Waals surface area (Å²) in [5.74, 6) is 0. The molecule has 1 saturated heterocycles. The maximum absolute atomic E-state index is 5.83. The highest BCUT2D eigenvalue weighted by molar-refractivity contribution is 5.27. The van der Waals surface area contributed by atoms with Crippen molar-refractivity contribution in [3.05, 3.63) is 53.6 Å². The maximum Gasteiger partial charge on any atom is 0.111 e. The summed E-state index contributed by atoms with van der Waals surface area (Å²) >= 11 is 0. The summed E-state index contributed by atoms with van der Waals surface area (Å²) in [6.45, 7) is 5.62. The van der Waals surface area contributed by atoms with E-state index in [-0.39, 0.29) is 6.10 Å². The third-order valence-electron chi connectivity index (χ3n) is 3.84. The fraction of sp³-hybridized carbons (Fsp3) is 0.438. The van der Waals surface area contributed by atoms with E-state index >= 15 is 0 Å². The minimum absolute atomic E-state index is 0.111. The van der Waals surface area contributed by atoms with Crippen molar-refractivity contribution >= 4 is 0 Å². The van der Waals surface area contributed by atoms with E-state index in [0.29, 0.717) is 0 Å². The predicted octanol–water partition coefficient (Wildman–Crippen LogP) is 2.15. The van der Waals surface area contributed by atoms with Crippen LogP contribution < -0.4 is 5.32 Å². The standard InChI is InChI=1S/C16H21N3O/c1-2-13-5-3-4-6-14(13)11-19-12-18-9-15(19)16-10-17-7-8-20-16/h3-6,9,12,16-17H,2,7-8,10-11H2,1H3. The van der Waals surface area contributed by atoms with Crippen LogP contribution in [0.4, 0.5) is 0 Å². The van der Waals surface area contributed by atoms with Gasteiger partial charge in [0.15, 0.2) is 0 Å². The molecule has 1 aromatic heterocycles. The second kappa shape index (κ2) is 6.20. The van der Waals surface area contributed by atoms with E-state index in [4.69, 9.17) is 4.74 Å². The smallest absolute Gasteiger partial charge is 0.111 e. The van der Waals surface area contributed by atoms with Gasteiger partial charge in [-0.2, -0.15) is 0 Å². The Bertz CT molecular complexity index is 558. The van der Waals surface area contributed by atoms with Crippen molar-refractivity contribution in [3.63, 3.8) is 0 Å². The summed E-state index contributed by atoms with van der Waals surface area (Å²) in [7, 11) is 0. The van der Waals surface area contributed by atoms with E-state index in [9.17, 15) is 0 Å². The molecule has 2 aromatic rings. The molecule has 0 radical (unpaired) electrons. The number of morpholine rings is 1. The molecule has 4 heteroatoms. The minimum atomic E-state index is 0.111. The Morgan fingerprint density at radius 3 is 2.95 bits per heavy atom. The lowest BCUT2D eigenvalue weighted by Gasteiger charge is -2.24. The highest BCUT2D eigenvalue weighted by Gasteiger charge is 2.19. The molecule has 0 amide bonds. The van der Waals surface area contributed by atoms with Gasteiger partial charge in [-0.15, -0.1) is 0 Å². The fourth-order valence-electron chi connectivity index (χ4n) is 2.73. The topological polar surface area (TPSA) is 39.1 Å². The average molecular weight is 271 g/mol. The number of ether oxygens (including phenoxy) is 1. The number of imidazole rings is 1. The molecule has 1 aromatic carbocycles. The van der Waals surface area contributed by atoms with Crippen molar-refractivity contribution < 1.29 is 4.74 Å². The van der Waals surface area contributed by atoms with E-state index in [1.165, 1.54) is 11.1 Å². The summed E-state index contributed by atoms with van der Waals surface area (Å²) in [6, 6.07) is 8.60. The van der Waals surface area contributed by atoms with Gasteiger partial charge in [-0.1, -0.05) is 31.2 Å². The number of nitrogens with one attached hydrogen (secondary N) is 1. The number of rotatable bonds is 4. The number of benzene rings is 1. The number of aromatic nitrogens is 2. The molecular formula is C16H21N3O. The average Bonchev–Trinajstić information content (AvgIpc) is 2.97. The molecule has 1 unspecified atom stereocenters. The van der Waals surface area contributed by atoms with Gasteiger partial charge in [-0.05, 0) is 17.5 Å². The van der Waals surface area contributed by atoms with Crippen LogP contribution in [-0.4, -0.2) is 29.2 Å². The minimum Gasteiger partial charge on any atom is -0.369 e. The largest absolute Gasteiger partial charge is 0.369 e. The third-order valence-corrected chi connectivity index (χ3v) is 3.84. The van der Waals surface area contributed by atoms with Gasteiger partial charge < -0.3 is 14.6 Å². The second-order valence-electron chi connectivity index (χ2n) is 5.13. The summed E-state index contributed by atoms with van der Waals surface area (Å²) in [4.78, 5) is 4.30. The van der Waals surface area contributed by atoms with E-state index in [0.717, 1.165) is 38.4 Å². The van der Waals surface area contributed by atoms with E-state index in [1.54, 1.807) is 0 Å². The first-order valence-corrected chi connectivity index (χ1v) is 7.27. The molecule has 0 spiro atoms. The zero-order chi connectivity index (χ0) is 13.8.